The van der Waals surface area contributed by atoms with Crippen LogP contribution in [0.5, 0.6) is 0 Å². The van der Waals surface area contributed by atoms with Crippen LogP contribution in [0.1, 0.15) is 18.5 Å². The zero-order chi connectivity index (χ0) is 11.5. The van der Waals surface area contributed by atoms with Crippen molar-refractivity contribution in [1.29, 1.82) is 0 Å². The van der Waals surface area contributed by atoms with Crippen molar-refractivity contribution in [2.45, 2.75) is 13.0 Å². The Kier molecular flexibility index (Phi) is 2.68. The molecule has 0 N–H and O–H groups in total. The second-order valence-corrected chi connectivity index (χ2v) is 3.52. The Hall–Kier alpha value is -2.17. The van der Waals surface area contributed by atoms with Gasteiger partial charge in [-0.3, -0.25) is 0 Å². The molecule has 82 valence electrons. The minimum absolute atomic E-state index is 0.0439. The third-order valence-corrected chi connectivity index (χ3v) is 2.50. The normalized spacial score (nSPS) is 12.3. The second-order valence-electron chi connectivity index (χ2n) is 3.52. The molecular formula is C11H11N3O2. The van der Waals surface area contributed by atoms with Gasteiger partial charge in [0.15, 0.2) is 0 Å². The molecule has 1 atom stereocenters. The van der Waals surface area contributed by atoms with Crippen LogP contribution in [-0.2, 0) is 0 Å². The van der Waals surface area contributed by atoms with Crippen LogP contribution in [-0.4, -0.2) is 14.5 Å². The van der Waals surface area contributed by atoms with Crippen molar-refractivity contribution >= 4 is 5.82 Å². The highest BCUT2D eigenvalue weighted by molar-refractivity contribution is 5.21. The summed E-state index contributed by atoms with van der Waals surface area (Å²) in [6.07, 6.45) is 2.92. The van der Waals surface area contributed by atoms with Crippen molar-refractivity contribution in [3.8, 4) is 0 Å². The van der Waals surface area contributed by atoms with Gasteiger partial charge >= 0.3 is 5.82 Å². The summed E-state index contributed by atoms with van der Waals surface area (Å²) in [5.41, 5.74) is 1.09. The van der Waals surface area contributed by atoms with Gasteiger partial charge in [-0.1, -0.05) is 30.3 Å². The lowest BCUT2D eigenvalue weighted by molar-refractivity contribution is -0.389. The third kappa shape index (κ3) is 1.93. The minimum Gasteiger partial charge on any atom is -0.358 e. The molecule has 0 bridgehead atoms. The monoisotopic (exact) mass is 217 g/mol. The van der Waals surface area contributed by atoms with Gasteiger partial charge < -0.3 is 14.7 Å². The minimum atomic E-state index is -0.492. The van der Waals surface area contributed by atoms with E-state index in [0.29, 0.717) is 0 Å². The highest BCUT2D eigenvalue weighted by Gasteiger charge is 2.14. The maximum absolute atomic E-state index is 10.5. The van der Waals surface area contributed by atoms with Crippen molar-refractivity contribution in [3.05, 3.63) is 58.5 Å². The van der Waals surface area contributed by atoms with Gasteiger partial charge in [-0.15, -0.1) is 0 Å². The molecule has 0 spiro atoms. The van der Waals surface area contributed by atoms with Gasteiger partial charge in [0, 0.05) is 0 Å². The summed E-state index contributed by atoms with van der Waals surface area (Å²) in [5.74, 6) is -0.122. The molecule has 0 radical (unpaired) electrons. The fraction of sp³-hybridized carbons (Fsp3) is 0.182. The second kappa shape index (κ2) is 4.14. The number of benzene rings is 1. The van der Waals surface area contributed by atoms with Crippen molar-refractivity contribution < 1.29 is 4.92 Å². The lowest BCUT2D eigenvalue weighted by Gasteiger charge is -2.11. The van der Waals surface area contributed by atoms with Crippen molar-refractivity contribution in [3.63, 3.8) is 0 Å². The first-order valence-corrected chi connectivity index (χ1v) is 4.91. The van der Waals surface area contributed by atoms with E-state index >= 15 is 0 Å². The van der Waals surface area contributed by atoms with Crippen molar-refractivity contribution in [2.75, 3.05) is 0 Å². The number of nitro groups is 1. The predicted octanol–water partition coefficient (Wildman–Crippen LogP) is 2.40. The van der Waals surface area contributed by atoms with Crippen LogP contribution in [0.15, 0.2) is 42.9 Å². The van der Waals surface area contributed by atoms with Gasteiger partial charge in [0.25, 0.3) is 0 Å². The largest absolute Gasteiger partial charge is 0.381 e. The van der Waals surface area contributed by atoms with Gasteiger partial charge in [-0.05, 0) is 22.4 Å². The maximum atomic E-state index is 10.5. The van der Waals surface area contributed by atoms with Gasteiger partial charge in [-0.2, -0.15) is 0 Å². The molecule has 0 saturated carbocycles. The summed E-state index contributed by atoms with van der Waals surface area (Å²) in [6, 6.07) is 9.83. The van der Waals surface area contributed by atoms with Crippen molar-refractivity contribution in [2.24, 2.45) is 0 Å². The van der Waals surface area contributed by atoms with E-state index in [0.717, 1.165) is 5.56 Å². The Bertz CT molecular complexity index is 493. The molecular weight excluding hydrogens is 206 g/mol. The Morgan fingerprint density at radius 1 is 1.38 bits per heavy atom. The highest BCUT2D eigenvalue weighted by Crippen LogP contribution is 2.19. The molecule has 1 aromatic heterocycles. The summed E-state index contributed by atoms with van der Waals surface area (Å²) >= 11 is 0. The molecule has 16 heavy (non-hydrogen) atoms. The number of hydrogen-bond donors (Lipinski definition) is 0. The number of hydrogen-bond acceptors (Lipinski definition) is 3. The van der Waals surface area contributed by atoms with Gasteiger partial charge in [0.1, 0.15) is 6.20 Å². The summed E-state index contributed by atoms with van der Waals surface area (Å²) in [5, 5.41) is 10.5. The Morgan fingerprint density at radius 2 is 2.06 bits per heavy atom. The van der Waals surface area contributed by atoms with E-state index in [4.69, 9.17) is 0 Å². The SMILES string of the molecule is CC(c1ccccc1)n1cnc([N+](=O)[O-])c1. The molecule has 5 heteroatoms. The lowest BCUT2D eigenvalue weighted by atomic mass is 10.1. The summed E-state index contributed by atoms with van der Waals surface area (Å²) < 4.78 is 1.73. The molecule has 5 nitrogen and oxygen atoms in total. The summed E-state index contributed by atoms with van der Waals surface area (Å²) in [4.78, 5) is 13.7. The standard InChI is InChI=1S/C11H11N3O2/c1-9(10-5-3-2-4-6-10)13-7-11(12-8-13)14(15)16/h2-9H,1H3. The van der Waals surface area contributed by atoms with Crippen LogP contribution in [0.3, 0.4) is 0 Å². The zero-order valence-electron chi connectivity index (χ0n) is 8.78. The van der Waals surface area contributed by atoms with E-state index in [1.165, 1.54) is 12.5 Å². The lowest BCUT2D eigenvalue weighted by Crippen LogP contribution is -2.03. The number of rotatable bonds is 3. The quantitative estimate of drug-likeness (QED) is 0.585. The topological polar surface area (TPSA) is 61.0 Å². The first kappa shape index (κ1) is 10.4. The van der Waals surface area contributed by atoms with Crippen LogP contribution >= 0.6 is 0 Å². The maximum Gasteiger partial charge on any atom is 0.381 e. The average Bonchev–Trinajstić information content (AvgIpc) is 2.78. The fourth-order valence-corrected chi connectivity index (χ4v) is 1.54. The molecule has 1 heterocycles. The van der Waals surface area contributed by atoms with E-state index in [9.17, 15) is 10.1 Å². The number of imidazole rings is 1. The van der Waals surface area contributed by atoms with Crippen LogP contribution < -0.4 is 0 Å². The average molecular weight is 217 g/mol. The molecule has 0 aliphatic heterocycles. The van der Waals surface area contributed by atoms with Crippen molar-refractivity contribution in [1.82, 2.24) is 9.55 Å². The first-order chi connectivity index (χ1) is 7.68. The van der Waals surface area contributed by atoms with E-state index in [-0.39, 0.29) is 11.9 Å². The van der Waals surface area contributed by atoms with Crippen LogP contribution in [0.4, 0.5) is 5.82 Å². The van der Waals surface area contributed by atoms with Crippen LogP contribution in [0.2, 0.25) is 0 Å². The van der Waals surface area contributed by atoms with E-state index in [1.807, 2.05) is 37.3 Å². The van der Waals surface area contributed by atoms with E-state index < -0.39 is 4.92 Å². The fourth-order valence-electron chi connectivity index (χ4n) is 1.54. The van der Waals surface area contributed by atoms with Gasteiger partial charge in [-0.25, -0.2) is 0 Å². The number of nitrogens with zero attached hydrogens (tertiary/aromatic N) is 3. The van der Waals surface area contributed by atoms with E-state index in [2.05, 4.69) is 4.98 Å². The Labute approximate surface area is 92.5 Å². The first-order valence-electron chi connectivity index (χ1n) is 4.91. The van der Waals surface area contributed by atoms with E-state index in [1.54, 1.807) is 4.57 Å². The molecule has 0 saturated heterocycles. The highest BCUT2D eigenvalue weighted by atomic mass is 16.6. The number of aromatic nitrogens is 2. The molecule has 0 aliphatic carbocycles. The molecule has 1 unspecified atom stereocenters. The molecule has 0 fully saturated rings. The molecule has 2 rings (SSSR count). The predicted molar refractivity (Wildman–Crippen MR) is 59.1 cm³/mol. The summed E-state index contributed by atoms with van der Waals surface area (Å²) in [6.45, 7) is 1.97. The van der Waals surface area contributed by atoms with Crippen LogP contribution in [0, 0.1) is 10.1 Å². The van der Waals surface area contributed by atoms with Crippen LogP contribution in [0.25, 0.3) is 0 Å². The Balaban J connectivity index is 2.27. The molecule has 1 aromatic carbocycles. The summed E-state index contributed by atoms with van der Waals surface area (Å²) in [7, 11) is 0. The van der Waals surface area contributed by atoms with Gasteiger partial charge in [0.2, 0.25) is 6.33 Å². The Morgan fingerprint density at radius 3 is 2.62 bits per heavy atom. The zero-order valence-corrected chi connectivity index (χ0v) is 8.78. The molecule has 2 aromatic rings. The molecule has 0 amide bonds. The smallest absolute Gasteiger partial charge is 0.358 e. The van der Waals surface area contributed by atoms with Gasteiger partial charge in [0.05, 0.1) is 6.04 Å². The third-order valence-electron chi connectivity index (χ3n) is 2.50. The molecule has 0 aliphatic rings.